The third kappa shape index (κ3) is 5.96. The lowest BCUT2D eigenvalue weighted by atomic mass is 10.2. The number of ether oxygens (including phenoxy) is 4. The van der Waals surface area contributed by atoms with Crippen LogP contribution in [0.15, 0.2) is 72.9 Å². The van der Waals surface area contributed by atoms with Crippen LogP contribution < -0.4 is 24.3 Å². The molecule has 0 bridgehead atoms. The average Bonchev–Trinajstić information content (AvgIpc) is 3.37. The fourth-order valence-electron chi connectivity index (χ4n) is 3.46. The first-order chi connectivity index (χ1) is 17.9. The lowest BCUT2D eigenvalue weighted by molar-refractivity contribution is -0.384. The number of para-hydroxylation sites is 2. The van der Waals surface area contributed by atoms with Gasteiger partial charge in [-0.3, -0.25) is 14.9 Å². The Labute approximate surface area is 212 Å². The zero-order chi connectivity index (χ0) is 26.4. The Bertz CT molecular complexity index is 1410. The molecule has 11 nitrogen and oxygen atoms in total. The van der Waals surface area contributed by atoms with Crippen LogP contribution in [0.2, 0.25) is 0 Å². The van der Waals surface area contributed by atoms with Crippen molar-refractivity contribution in [2.24, 2.45) is 0 Å². The van der Waals surface area contributed by atoms with Crippen LogP contribution in [0.4, 0.5) is 11.4 Å². The summed E-state index contributed by atoms with van der Waals surface area (Å²) in [6.45, 7) is 1.84. The number of non-ortho nitro benzene ring substituents is 1. The van der Waals surface area contributed by atoms with E-state index in [0.717, 1.165) is 5.56 Å². The van der Waals surface area contributed by atoms with Gasteiger partial charge in [0.2, 0.25) is 5.75 Å². The van der Waals surface area contributed by atoms with Crippen LogP contribution in [-0.4, -0.2) is 34.8 Å². The van der Waals surface area contributed by atoms with E-state index in [2.05, 4.69) is 10.4 Å². The Hall–Kier alpha value is -5.06. The molecule has 1 heterocycles. The van der Waals surface area contributed by atoms with Gasteiger partial charge in [0.25, 0.3) is 11.6 Å². The van der Waals surface area contributed by atoms with Crippen molar-refractivity contribution < 1.29 is 28.7 Å². The molecule has 0 aliphatic heterocycles. The summed E-state index contributed by atoms with van der Waals surface area (Å²) in [6.07, 6.45) is 1.57. The maximum absolute atomic E-state index is 12.8. The predicted molar refractivity (Wildman–Crippen MR) is 135 cm³/mol. The highest BCUT2D eigenvalue weighted by molar-refractivity contribution is 6.03. The van der Waals surface area contributed by atoms with Gasteiger partial charge < -0.3 is 24.3 Å². The van der Waals surface area contributed by atoms with Crippen LogP contribution in [0.25, 0.3) is 0 Å². The molecule has 3 aromatic carbocycles. The van der Waals surface area contributed by atoms with E-state index in [0.29, 0.717) is 23.0 Å². The molecule has 0 saturated heterocycles. The van der Waals surface area contributed by atoms with Crippen LogP contribution in [0, 0.1) is 17.0 Å². The van der Waals surface area contributed by atoms with E-state index in [-0.39, 0.29) is 29.5 Å². The molecule has 11 heteroatoms. The van der Waals surface area contributed by atoms with E-state index in [1.54, 1.807) is 36.5 Å². The topological polar surface area (TPSA) is 127 Å². The largest absolute Gasteiger partial charge is 0.493 e. The Morgan fingerprint density at radius 2 is 1.70 bits per heavy atom. The van der Waals surface area contributed by atoms with Crippen molar-refractivity contribution in [3.63, 3.8) is 0 Å². The number of hydrogen-bond acceptors (Lipinski definition) is 8. The number of hydrogen-bond donors (Lipinski definition) is 1. The van der Waals surface area contributed by atoms with E-state index in [9.17, 15) is 14.9 Å². The minimum Gasteiger partial charge on any atom is -0.493 e. The summed E-state index contributed by atoms with van der Waals surface area (Å²) in [6, 6.07) is 18.0. The van der Waals surface area contributed by atoms with Crippen LogP contribution in [0.3, 0.4) is 0 Å². The summed E-state index contributed by atoms with van der Waals surface area (Å²) in [5.74, 6) is 1.56. The SMILES string of the molecule is COc1cccc(OC)c1OCn1ccc(C(=O)Nc2cc(Oc3ccccc3C)cc([N+](=O)[O-])c2)n1. The minimum atomic E-state index is -0.559. The number of carbonyl (C=O) groups excluding carboxylic acids is 1. The molecule has 1 aromatic heterocycles. The molecule has 0 atom stereocenters. The number of carbonyl (C=O) groups is 1. The predicted octanol–water partition coefficient (Wildman–Crippen LogP) is 5.20. The lowest BCUT2D eigenvalue weighted by Crippen LogP contribution is -2.14. The zero-order valence-corrected chi connectivity index (χ0v) is 20.3. The number of methoxy groups -OCH3 is 2. The summed E-state index contributed by atoms with van der Waals surface area (Å²) < 4.78 is 23.7. The molecular weight excluding hydrogens is 480 g/mol. The summed E-state index contributed by atoms with van der Waals surface area (Å²) in [5.41, 5.74) is 0.903. The first kappa shape index (κ1) is 25.0. The highest BCUT2D eigenvalue weighted by Gasteiger charge is 2.17. The van der Waals surface area contributed by atoms with Gasteiger partial charge in [-0.25, -0.2) is 4.68 Å². The maximum atomic E-state index is 12.8. The molecule has 0 aliphatic rings. The summed E-state index contributed by atoms with van der Waals surface area (Å²) in [4.78, 5) is 23.7. The first-order valence-corrected chi connectivity index (χ1v) is 11.1. The molecule has 0 fully saturated rings. The molecule has 0 unspecified atom stereocenters. The molecule has 1 amide bonds. The Balaban J connectivity index is 1.48. The molecule has 4 rings (SSSR count). The van der Waals surface area contributed by atoms with E-state index < -0.39 is 10.8 Å². The summed E-state index contributed by atoms with van der Waals surface area (Å²) >= 11 is 0. The van der Waals surface area contributed by atoms with E-state index in [4.69, 9.17) is 18.9 Å². The fourth-order valence-corrected chi connectivity index (χ4v) is 3.46. The van der Waals surface area contributed by atoms with Crippen molar-refractivity contribution >= 4 is 17.3 Å². The second-order valence-corrected chi connectivity index (χ2v) is 7.80. The number of benzene rings is 3. The Kier molecular flexibility index (Phi) is 7.53. The monoisotopic (exact) mass is 504 g/mol. The van der Waals surface area contributed by atoms with E-state index in [1.807, 2.05) is 19.1 Å². The Morgan fingerprint density at radius 3 is 2.38 bits per heavy atom. The molecule has 0 saturated carbocycles. The number of aryl methyl sites for hydroxylation is 1. The number of nitrogens with zero attached hydrogens (tertiary/aromatic N) is 3. The first-order valence-electron chi connectivity index (χ1n) is 11.1. The highest BCUT2D eigenvalue weighted by atomic mass is 16.6. The molecule has 0 spiro atoms. The van der Waals surface area contributed by atoms with Crippen LogP contribution >= 0.6 is 0 Å². The third-order valence-electron chi connectivity index (χ3n) is 5.28. The number of nitro benzene ring substituents is 1. The number of anilines is 1. The molecule has 0 aliphatic carbocycles. The quantitative estimate of drug-likeness (QED) is 0.231. The number of amides is 1. The number of rotatable bonds is 10. The van der Waals surface area contributed by atoms with Gasteiger partial charge in [-0.1, -0.05) is 24.3 Å². The minimum absolute atomic E-state index is 0.0186. The van der Waals surface area contributed by atoms with E-state index in [1.165, 1.54) is 43.2 Å². The van der Waals surface area contributed by atoms with Gasteiger partial charge in [0.15, 0.2) is 23.9 Å². The molecule has 37 heavy (non-hydrogen) atoms. The van der Waals surface area contributed by atoms with Crippen LogP contribution in [0.1, 0.15) is 16.1 Å². The van der Waals surface area contributed by atoms with E-state index >= 15 is 0 Å². The third-order valence-corrected chi connectivity index (χ3v) is 5.28. The summed E-state index contributed by atoms with van der Waals surface area (Å²) in [7, 11) is 3.03. The van der Waals surface area contributed by atoms with Gasteiger partial charge in [0, 0.05) is 18.3 Å². The second kappa shape index (κ2) is 11.1. The highest BCUT2D eigenvalue weighted by Crippen LogP contribution is 2.37. The second-order valence-electron chi connectivity index (χ2n) is 7.80. The molecule has 190 valence electrons. The van der Waals surface area contributed by atoms with Gasteiger partial charge >= 0.3 is 0 Å². The zero-order valence-electron chi connectivity index (χ0n) is 20.3. The van der Waals surface area contributed by atoms with Crippen molar-refractivity contribution in [2.45, 2.75) is 13.7 Å². The fraction of sp³-hybridized carbons (Fsp3) is 0.154. The van der Waals surface area contributed by atoms with Gasteiger partial charge in [-0.15, -0.1) is 0 Å². The molecule has 1 N–H and O–H groups in total. The average molecular weight is 504 g/mol. The van der Waals surface area contributed by atoms with Gasteiger partial charge in [-0.05, 0) is 36.8 Å². The van der Waals surface area contributed by atoms with Crippen molar-refractivity contribution in [2.75, 3.05) is 19.5 Å². The number of nitrogens with one attached hydrogen (secondary N) is 1. The van der Waals surface area contributed by atoms with Crippen molar-refractivity contribution in [1.29, 1.82) is 0 Å². The van der Waals surface area contributed by atoms with Crippen molar-refractivity contribution in [1.82, 2.24) is 9.78 Å². The van der Waals surface area contributed by atoms with Crippen LogP contribution in [-0.2, 0) is 6.73 Å². The van der Waals surface area contributed by atoms with Gasteiger partial charge in [-0.2, -0.15) is 5.10 Å². The maximum Gasteiger partial charge on any atom is 0.276 e. The van der Waals surface area contributed by atoms with Crippen LogP contribution in [0.5, 0.6) is 28.7 Å². The number of nitro groups is 1. The standard InChI is InChI=1S/C26H24N4O7/c1-17-7-4-5-8-22(17)37-20-14-18(13-19(15-20)30(32)33)27-26(31)21-11-12-29(28-21)16-36-25-23(34-2)9-6-10-24(25)35-3/h4-15H,16H2,1-3H3,(H,27,31). The molecular formula is C26H24N4O7. The normalized spacial score (nSPS) is 10.5. The van der Waals surface area contributed by atoms with Crippen molar-refractivity contribution in [3.8, 4) is 28.7 Å². The Morgan fingerprint density at radius 1 is 1.00 bits per heavy atom. The molecule has 4 aromatic rings. The smallest absolute Gasteiger partial charge is 0.276 e. The van der Waals surface area contributed by atoms with Crippen molar-refractivity contribution in [3.05, 3.63) is 94.3 Å². The summed E-state index contributed by atoms with van der Waals surface area (Å²) in [5, 5.41) is 18.3. The van der Waals surface area contributed by atoms with Gasteiger partial charge in [0.05, 0.1) is 30.9 Å². The molecule has 0 radical (unpaired) electrons. The number of aromatic nitrogens is 2. The lowest BCUT2D eigenvalue weighted by Gasteiger charge is -2.13. The van der Waals surface area contributed by atoms with Gasteiger partial charge in [0.1, 0.15) is 11.5 Å².